The number of aliphatic imine (C=N–C) groups is 1. The van der Waals surface area contributed by atoms with Gasteiger partial charge in [0.15, 0.2) is 5.96 Å². The number of hydrogen-bond donors (Lipinski definition) is 2. The van der Waals surface area contributed by atoms with Gasteiger partial charge in [-0.3, -0.25) is 4.99 Å². The number of hydrogen-bond acceptors (Lipinski definition) is 1. The van der Waals surface area contributed by atoms with Gasteiger partial charge >= 0.3 is 0 Å². The fourth-order valence-electron chi connectivity index (χ4n) is 0.584. The Labute approximate surface area is 61.8 Å². The van der Waals surface area contributed by atoms with Gasteiger partial charge in [0.25, 0.3) is 0 Å². The van der Waals surface area contributed by atoms with Gasteiger partial charge in [0.1, 0.15) is 0 Å². The summed E-state index contributed by atoms with van der Waals surface area (Å²) < 4.78 is 0. The third kappa shape index (κ3) is 7.01. The van der Waals surface area contributed by atoms with Crippen LogP contribution in [-0.2, 0) is 0 Å². The number of nitrogens with two attached hydrogens (primary N) is 2. The van der Waals surface area contributed by atoms with E-state index in [1.54, 1.807) is 0 Å². The molecule has 0 spiro atoms. The molecule has 4 N–H and O–H groups in total. The van der Waals surface area contributed by atoms with Gasteiger partial charge in [0.05, 0.1) is 0 Å². The molecule has 0 aromatic carbocycles. The van der Waals surface area contributed by atoms with E-state index in [0.29, 0.717) is 0 Å². The van der Waals surface area contributed by atoms with Crippen molar-refractivity contribution in [3.8, 4) is 0 Å². The smallest absolute Gasteiger partial charge is 0.185 e. The van der Waals surface area contributed by atoms with E-state index in [2.05, 4.69) is 11.1 Å². The lowest BCUT2D eigenvalue weighted by molar-refractivity contribution is 0.852. The van der Waals surface area contributed by atoms with Gasteiger partial charge in [-0.2, -0.15) is 0 Å². The largest absolute Gasteiger partial charge is 0.370 e. The molecule has 0 aliphatic rings. The van der Waals surface area contributed by atoms with Gasteiger partial charge in [0.2, 0.25) is 0 Å². The second kappa shape index (κ2) is 6.13. The summed E-state index contributed by atoms with van der Waals surface area (Å²) in [6.07, 6.45) is 6.19. The highest BCUT2D eigenvalue weighted by Gasteiger charge is 1.81. The summed E-state index contributed by atoms with van der Waals surface area (Å²) in [6.45, 7) is 2.73. The highest BCUT2D eigenvalue weighted by molar-refractivity contribution is 5.75. The van der Waals surface area contributed by atoms with E-state index in [9.17, 15) is 0 Å². The highest BCUT2D eigenvalue weighted by Crippen LogP contribution is 1.90. The molecule has 0 heterocycles. The number of guanidine groups is 1. The summed E-state index contributed by atoms with van der Waals surface area (Å²) in [4.78, 5) is 3.83. The van der Waals surface area contributed by atoms with Crippen LogP contribution in [0, 0.1) is 0 Å². The minimum atomic E-state index is 0.181. The van der Waals surface area contributed by atoms with E-state index >= 15 is 0 Å². The molecule has 0 radical (unpaired) electrons. The minimum absolute atomic E-state index is 0.181. The maximum absolute atomic E-state index is 5.12. The number of rotatable bonds is 4. The van der Waals surface area contributed by atoms with Crippen molar-refractivity contribution < 1.29 is 0 Å². The lowest BCUT2D eigenvalue weighted by Gasteiger charge is -1.91. The summed E-state index contributed by atoms with van der Waals surface area (Å²) >= 11 is 0. The Balaban J connectivity index is 3.13. The zero-order valence-corrected chi connectivity index (χ0v) is 6.38. The molecule has 0 atom stereocenters. The maximum Gasteiger partial charge on any atom is 0.185 e. The zero-order chi connectivity index (χ0) is 7.82. The first-order chi connectivity index (χ1) is 4.77. The molecule has 0 amide bonds. The Kier molecular flexibility index (Phi) is 5.53. The second-order valence-electron chi connectivity index (χ2n) is 2.02. The lowest BCUT2D eigenvalue weighted by atomic mass is 10.3. The predicted molar refractivity (Wildman–Crippen MR) is 44.7 cm³/mol. The van der Waals surface area contributed by atoms with Crippen LogP contribution < -0.4 is 11.5 Å². The Hall–Kier alpha value is -0.990. The van der Waals surface area contributed by atoms with Crippen LogP contribution in [0.5, 0.6) is 0 Å². The fourth-order valence-corrected chi connectivity index (χ4v) is 0.584. The molecule has 3 nitrogen and oxygen atoms in total. The van der Waals surface area contributed by atoms with Gasteiger partial charge in [-0.1, -0.05) is 12.2 Å². The Morgan fingerprint density at radius 1 is 1.50 bits per heavy atom. The molecule has 3 heteroatoms. The Bertz CT molecular complexity index is 123. The third-order valence-corrected chi connectivity index (χ3v) is 1.06. The zero-order valence-electron chi connectivity index (χ0n) is 6.38. The molecule has 0 rings (SSSR count). The third-order valence-electron chi connectivity index (χ3n) is 1.06. The topological polar surface area (TPSA) is 64.4 Å². The summed E-state index contributed by atoms with van der Waals surface area (Å²) in [6, 6.07) is 0. The van der Waals surface area contributed by atoms with E-state index in [-0.39, 0.29) is 5.96 Å². The molecule has 0 saturated heterocycles. The van der Waals surface area contributed by atoms with Crippen molar-refractivity contribution in [2.45, 2.75) is 19.8 Å². The van der Waals surface area contributed by atoms with Crippen molar-refractivity contribution in [1.82, 2.24) is 0 Å². The molecule has 0 aliphatic heterocycles. The van der Waals surface area contributed by atoms with Crippen molar-refractivity contribution in [1.29, 1.82) is 0 Å². The van der Waals surface area contributed by atoms with Crippen LogP contribution in [0.3, 0.4) is 0 Å². The average Bonchev–Trinajstić information content (AvgIpc) is 1.87. The van der Waals surface area contributed by atoms with Crippen molar-refractivity contribution in [2.75, 3.05) is 6.54 Å². The molecule has 0 aromatic heterocycles. The van der Waals surface area contributed by atoms with Crippen molar-refractivity contribution in [2.24, 2.45) is 16.5 Å². The first kappa shape index (κ1) is 9.01. The standard InChI is InChI=1S/C7H15N3/c1-2-3-4-5-6-10-7(8)9/h2-3H,4-6H2,1H3,(H4,8,9,10)/b3-2+. The minimum Gasteiger partial charge on any atom is -0.370 e. The molecule has 0 aliphatic carbocycles. The maximum atomic E-state index is 5.12. The van der Waals surface area contributed by atoms with Crippen LogP contribution >= 0.6 is 0 Å². The lowest BCUT2D eigenvalue weighted by Crippen LogP contribution is -2.22. The summed E-state index contributed by atoms with van der Waals surface area (Å²) in [5.41, 5.74) is 10.2. The van der Waals surface area contributed by atoms with Crippen molar-refractivity contribution >= 4 is 5.96 Å². The first-order valence-electron chi connectivity index (χ1n) is 3.44. The second-order valence-corrected chi connectivity index (χ2v) is 2.02. The highest BCUT2D eigenvalue weighted by atomic mass is 15.0. The molecule has 0 fully saturated rings. The summed E-state index contributed by atoms with van der Waals surface area (Å²) in [5.74, 6) is 0.181. The number of allylic oxidation sites excluding steroid dienone is 2. The van der Waals surface area contributed by atoms with Crippen LogP contribution in [0.4, 0.5) is 0 Å². The molecule has 0 unspecified atom stereocenters. The SMILES string of the molecule is C/C=C/CCCN=C(N)N. The molecule has 0 aromatic rings. The Morgan fingerprint density at radius 2 is 2.20 bits per heavy atom. The normalized spacial score (nSPS) is 10.1. The van der Waals surface area contributed by atoms with Crippen LogP contribution in [0.25, 0.3) is 0 Å². The molecule has 58 valence electrons. The van der Waals surface area contributed by atoms with E-state index in [0.717, 1.165) is 19.4 Å². The van der Waals surface area contributed by atoms with E-state index < -0.39 is 0 Å². The quantitative estimate of drug-likeness (QED) is 0.261. The van der Waals surface area contributed by atoms with Crippen molar-refractivity contribution in [3.63, 3.8) is 0 Å². The van der Waals surface area contributed by atoms with Gasteiger partial charge in [-0.05, 0) is 19.8 Å². The van der Waals surface area contributed by atoms with Crippen LogP contribution in [0.2, 0.25) is 0 Å². The van der Waals surface area contributed by atoms with E-state index in [1.807, 2.05) is 13.0 Å². The van der Waals surface area contributed by atoms with Gasteiger partial charge in [-0.15, -0.1) is 0 Å². The van der Waals surface area contributed by atoms with E-state index in [4.69, 9.17) is 11.5 Å². The average molecular weight is 141 g/mol. The summed E-state index contributed by atoms with van der Waals surface area (Å²) in [5, 5.41) is 0. The van der Waals surface area contributed by atoms with Gasteiger partial charge in [-0.25, -0.2) is 0 Å². The predicted octanol–water partition coefficient (Wildman–Crippen LogP) is 0.616. The molecule has 0 bridgehead atoms. The summed E-state index contributed by atoms with van der Waals surface area (Å²) in [7, 11) is 0. The van der Waals surface area contributed by atoms with Crippen LogP contribution in [0.15, 0.2) is 17.1 Å². The molecule has 0 saturated carbocycles. The van der Waals surface area contributed by atoms with Gasteiger partial charge in [0, 0.05) is 6.54 Å². The number of nitrogens with zero attached hydrogens (tertiary/aromatic N) is 1. The van der Waals surface area contributed by atoms with E-state index in [1.165, 1.54) is 0 Å². The molecular formula is C7H15N3. The fraction of sp³-hybridized carbons (Fsp3) is 0.571. The Morgan fingerprint density at radius 3 is 2.70 bits per heavy atom. The molecule has 10 heavy (non-hydrogen) atoms. The van der Waals surface area contributed by atoms with Crippen LogP contribution in [-0.4, -0.2) is 12.5 Å². The van der Waals surface area contributed by atoms with Crippen LogP contribution in [0.1, 0.15) is 19.8 Å². The number of unbranched alkanes of at least 4 members (excludes halogenated alkanes) is 1. The monoisotopic (exact) mass is 141 g/mol. The first-order valence-corrected chi connectivity index (χ1v) is 3.44. The van der Waals surface area contributed by atoms with Gasteiger partial charge < -0.3 is 11.5 Å². The van der Waals surface area contributed by atoms with Crippen molar-refractivity contribution in [3.05, 3.63) is 12.2 Å². The molecular weight excluding hydrogens is 126 g/mol.